The van der Waals surface area contributed by atoms with E-state index >= 15 is 0 Å². The minimum absolute atomic E-state index is 0.154. The fourth-order valence-electron chi connectivity index (χ4n) is 3.54. The average molecular weight is 417 g/mol. The molecule has 1 N–H and O–H groups in total. The van der Waals surface area contributed by atoms with Crippen molar-refractivity contribution in [3.8, 4) is 5.75 Å². The van der Waals surface area contributed by atoms with Gasteiger partial charge in [-0.3, -0.25) is 9.69 Å². The number of carbonyl (C=O) groups is 1. The summed E-state index contributed by atoms with van der Waals surface area (Å²) in [5.74, 6) is -1.43. The Balaban J connectivity index is 1.75. The van der Waals surface area contributed by atoms with E-state index in [0.29, 0.717) is 26.3 Å². The van der Waals surface area contributed by atoms with Crippen molar-refractivity contribution >= 4 is 16.2 Å². The Labute approximate surface area is 163 Å². The van der Waals surface area contributed by atoms with Gasteiger partial charge in [0.15, 0.2) is 0 Å². The van der Waals surface area contributed by atoms with Crippen LogP contribution in [0.5, 0.6) is 5.75 Å². The fraction of sp³-hybridized carbons (Fsp3) is 0.588. The molecule has 1 aromatic rings. The second-order valence-corrected chi connectivity index (χ2v) is 8.51. The Morgan fingerprint density at radius 3 is 2.32 bits per heavy atom. The lowest BCUT2D eigenvalue weighted by atomic mass is 10.0. The quantitative estimate of drug-likeness (QED) is 0.704. The Morgan fingerprint density at radius 2 is 1.75 bits per heavy atom. The standard InChI is InChI=1S/C17H24FN3O6S/c1-26-15-3-2-13(18)12-14(15)16(17(22)23)19-4-6-20(7-5-19)28(24,25)21-8-10-27-11-9-21/h2-3,12,16H,4-11H2,1H3,(H,22,23). The lowest BCUT2D eigenvalue weighted by Gasteiger charge is -2.39. The number of hydrogen-bond acceptors (Lipinski definition) is 6. The molecule has 2 heterocycles. The van der Waals surface area contributed by atoms with Gasteiger partial charge >= 0.3 is 5.97 Å². The summed E-state index contributed by atoms with van der Waals surface area (Å²) in [6.07, 6.45) is 0. The topological polar surface area (TPSA) is 99.6 Å². The van der Waals surface area contributed by atoms with Crippen LogP contribution < -0.4 is 4.74 Å². The van der Waals surface area contributed by atoms with E-state index in [0.717, 1.165) is 6.07 Å². The number of aliphatic carboxylic acids is 1. The second kappa shape index (κ2) is 8.70. The molecule has 2 aliphatic rings. The van der Waals surface area contributed by atoms with Gasteiger partial charge in [0.25, 0.3) is 10.2 Å². The van der Waals surface area contributed by atoms with E-state index in [2.05, 4.69) is 0 Å². The van der Waals surface area contributed by atoms with Gasteiger partial charge in [0, 0.05) is 44.8 Å². The van der Waals surface area contributed by atoms with Crippen LogP contribution in [0.2, 0.25) is 0 Å². The third-order valence-electron chi connectivity index (χ3n) is 4.98. The number of carboxylic acid groups (broad SMARTS) is 1. The van der Waals surface area contributed by atoms with Crippen LogP contribution in [0.1, 0.15) is 11.6 Å². The fourth-order valence-corrected chi connectivity index (χ4v) is 5.10. The highest BCUT2D eigenvalue weighted by molar-refractivity contribution is 7.86. The molecule has 1 atom stereocenters. The zero-order valence-corrected chi connectivity index (χ0v) is 16.4. The Kier molecular flexibility index (Phi) is 6.50. The Bertz CT molecular complexity index is 807. The monoisotopic (exact) mass is 417 g/mol. The first kappa shape index (κ1) is 20.9. The first-order chi connectivity index (χ1) is 13.3. The Morgan fingerprint density at radius 1 is 1.14 bits per heavy atom. The average Bonchev–Trinajstić information content (AvgIpc) is 2.69. The van der Waals surface area contributed by atoms with Gasteiger partial charge < -0.3 is 14.6 Å². The molecule has 0 bridgehead atoms. The van der Waals surface area contributed by atoms with E-state index in [9.17, 15) is 22.7 Å². The molecule has 1 unspecified atom stereocenters. The molecule has 9 nitrogen and oxygen atoms in total. The van der Waals surface area contributed by atoms with Crippen molar-refractivity contribution in [2.45, 2.75) is 6.04 Å². The van der Waals surface area contributed by atoms with Crippen LogP contribution in [0.3, 0.4) is 0 Å². The normalized spacial score (nSPS) is 21.4. The van der Waals surface area contributed by atoms with Crippen molar-refractivity contribution in [2.24, 2.45) is 0 Å². The molecule has 28 heavy (non-hydrogen) atoms. The number of ether oxygens (including phenoxy) is 2. The summed E-state index contributed by atoms with van der Waals surface area (Å²) in [7, 11) is -2.22. The number of nitrogens with zero attached hydrogens (tertiary/aromatic N) is 3. The SMILES string of the molecule is COc1ccc(F)cc1C(C(=O)O)N1CCN(S(=O)(=O)N2CCOCC2)CC1. The van der Waals surface area contributed by atoms with Gasteiger partial charge in [0.1, 0.15) is 17.6 Å². The predicted octanol–water partition coefficient (Wildman–Crippen LogP) is 0.155. The van der Waals surface area contributed by atoms with Crippen LogP contribution in [-0.2, 0) is 19.7 Å². The molecule has 2 fully saturated rings. The van der Waals surface area contributed by atoms with Gasteiger partial charge in [-0.05, 0) is 18.2 Å². The molecule has 1 aromatic carbocycles. The number of rotatable bonds is 6. The maximum atomic E-state index is 13.7. The van der Waals surface area contributed by atoms with Gasteiger partial charge in [-0.1, -0.05) is 0 Å². The van der Waals surface area contributed by atoms with Crippen LogP contribution in [0, 0.1) is 5.82 Å². The van der Waals surface area contributed by atoms with Crippen molar-refractivity contribution in [1.29, 1.82) is 0 Å². The van der Waals surface area contributed by atoms with Crippen molar-refractivity contribution in [3.63, 3.8) is 0 Å². The molecule has 2 aliphatic heterocycles. The minimum Gasteiger partial charge on any atom is -0.496 e. The summed E-state index contributed by atoms with van der Waals surface area (Å²) in [6, 6.07) is 2.61. The zero-order chi connectivity index (χ0) is 20.3. The summed E-state index contributed by atoms with van der Waals surface area (Å²) in [4.78, 5) is 13.6. The molecule has 156 valence electrons. The number of methoxy groups -OCH3 is 1. The van der Waals surface area contributed by atoms with Crippen molar-refractivity contribution in [2.75, 3.05) is 59.6 Å². The second-order valence-electron chi connectivity index (χ2n) is 6.58. The zero-order valence-electron chi connectivity index (χ0n) is 15.6. The lowest BCUT2D eigenvalue weighted by molar-refractivity contribution is -0.144. The van der Waals surface area contributed by atoms with Gasteiger partial charge in [-0.25, -0.2) is 4.39 Å². The maximum Gasteiger partial charge on any atom is 0.325 e. The molecule has 0 radical (unpaired) electrons. The highest BCUT2D eigenvalue weighted by Crippen LogP contribution is 2.31. The van der Waals surface area contributed by atoms with Crippen molar-refractivity contribution in [1.82, 2.24) is 13.5 Å². The summed E-state index contributed by atoms with van der Waals surface area (Å²) in [5, 5.41) is 9.75. The Hall–Kier alpha value is -1.79. The van der Waals surface area contributed by atoms with Gasteiger partial charge in [-0.2, -0.15) is 17.0 Å². The molecule has 11 heteroatoms. The number of halogens is 1. The van der Waals surface area contributed by atoms with Gasteiger partial charge in [-0.15, -0.1) is 0 Å². The van der Waals surface area contributed by atoms with Crippen LogP contribution in [0.4, 0.5) is 4.39 Å². The van der Waals surface area contributed by atoms with Gasteiger partial charge in [0.05, 0.1) is 20.3 Å². The number of benzene rings is 1. The van der Waals surface area contributed by atoms with Crippen LogP contribution in [0.15, 0.2) is 18.2 Å². The summed E-state index contributed by atoms with van der Waals surface area (Å²) in [5.41, 5.74) is 0.208. The number of piperazine rings is 1. The number of carboxylic acids is 1. The van der Waals surface area contributed by atoms with Gasteiger partial charge in [0.2, 0.25) is 0 Å². The number of hydrogen-bond donors (Lipinski definition) is 1. The third kappa shape index (κ3) is 4.28. The summed E-state index contributed by atoms with van der Waals surface area (Å²) in [6.45, 7) is 2.06. The van der Waals surface area contributed by atoms with E-state index in [-0.39, 0.29) is 37.5 Å². The molecule has 0 aromatic heterocycles. The van der Waals surface area contributed by atoms with E-state index in [1.807, 2.05) is 0 Å². The van der Waals surface area contributed by atoms with Crippen LogP contribution in [0.25, 0.3) is 0 Å². The number of morpholine rings is 1. The highest BCUT2D eigenvalue weighted by atomic mass is 32.2. The first-order valence-electron chi connectivity index (χ1n) is 8.98. The van der Waals surface area contributed by atoms with Crippen molar-refractivity contribution in [3.05, 3.63) is 29.6 Å². The van der Waals surface area contributed by atoms with Crippen molar-refractivity contribution < 1.29 is 32.2 Å². The van der Waals surface area contributed by atoms with Crippen LogP contribution in [-0.4, -0.2) is 92.6 Å². The molecule has 0 spiro atoms. The maximum absolute atomic E-state index is 13.7. The molecular formula is C17H24FN3O6S. The summed E-state index contributed by atoms with van der Waals surface area (Å²) < 4.78 is 52.4. The van der Waals surface area contributed by atoms with E-state index < -0.39 is 28.0 Å². The minimum atomic E-state index is -3.61. The molecule has 3 rings (SSSR count). The largest absolute Gasteiger partial charge is 0.496 e. The smallest absolute Gasteiger partial charge is 0.325 e. The highest BCUT2D eigenvalue weighted by Gasteiger charge is 2.37. The van der Waals surface area contributed by atoms with E-state index in [4.69, 9.17) is 9.47 Å². The lowest BCUT2D eigenvalue weighted by Crippen LogP contribution is -2.55. The van der Waals surface area contributed by atoms with E-state index in [1.54, 1.807) is 4.90 Å². The molecule has 2 saturated heterocycles. The molecule has 0 saturated carbocycles. The molecule has 0 amide bonds. The van der Waals surface area contributed by atoms with Crippen LogP contribution >= 0.6 is 0 Å². The molecular weight excluding hydrogens is 393 g/mol. The predicted molar refractivity (Wildman–Crippen MR) is 97.8 cm³/mol. The summed E-state index contributed by atoms with van der Waals surface area (Å²) >= 11 is 0. The first-order valence-corrected chi connectivity index (χ1v) is 10.4. The van der Waals surface area contributed by atoms with E-state index in [1.165, 1.54) is 27.9 Å². The third-order valence-corrected chi connectivity index (χ3v) is 7.02. The molecule has 0 aliphatic carbocycles.